The van der Waals surface area contributed by atoms with Crippen molar-refractivity contribution in [2.24, 2.45) is 5.92 Å². The first-order valence-electron chi connectivity index (χ1n) is 10.1. The summed E-state index contributed by atoms with van der Waals surface area (Å²) in [6.45, 7) is 3.16. The zero-order valence-corrected chi connectivity index (χ0v) is 17.1. The molecule has 4 rings (SSSR count). The Morgan fingerprint density at radius 2 is 1.77 bits per heavy atom. The summed E-state index contributed by atoms with van der Waals surface area (Å²) in [5.74, 6) is -0.301. The van der Waals surface area contributed by atoms with E-state index in [1.165, 1.54) is 0 Å². The van der Waals surface area contributed by atoms with Crippen molar-refractivity contribution in [2.75, 3.05) is 36.5 Å². The van der Waals surface area contributed by atoms with Gasteiger partial charge in [-0.2, -0.15) is 0 Å². The highest BCUT2D eigenvalue weighted by Gasteiger charge is 2.35. The van der Waals surface area contributed by atoms with Crippen LogP contribution in [-0.2, 0) is 14.4 Å². The molecule has 2 heterocycles. The number of nitrogens with zero attached hydrogens (tertiary/aromatic N) is 1. The lowest BCUT2D eigenvalue weighted by Crippen LogP contribution is -2.47. The molecule has 1 atom stereocenters. The van der Waals surface area contributed by atoms with E-state index in [0.29, 0.717) is 30.4 Å². The molecule has 162 valence electrons. The van der Waals surface area contributed by atoms with Gasteiger partial charge in [-0.15, -0.1) is 0 Å². The summed E-state index contributed by atoms with van der Waals surface area (Å²) in [6.07, 6.45) is 0.0672. The smallest absolute Gasteiger partial charge is 0.257 e. The number of ether oxygens (including phenoxy) is 2. The normalized spacial score (nSPS) is 17.3. The lowest BCUT2D eigenvalue weighted by Gasteiger charge is -2.22. The summed E-state index contributed by atoms with van der Waals surface area (Å²) in [4.78, 5) is 38.4. The summed E-state index contributed by atoms with van der Waals surface area (Å²) in [5.41, 5.74) is 7.38. The average Bonchev–Trinajstić information content (AvgIpc) is 3.18. The molecule has 0 aliphatic carbocycles. The van der Waals surface area contributed by atoms with Crippen LogP contribution in [0, 0.1) is 12.8 Å². The molecular formula is C22H24N4O5. The molecule has 2 aromatic rings. The molecule has 0 spiro atoms. The Hall–Kier alpha value is -3.75. The topological polar surface area (TPSA) is 109 Å². The minimum absolute atomic E-state index is 0.0102. The van der Waals surface area contributed by atoms with E-state index < -0.39 is 11.8 Å². The standard InChI is InChI=1S/C22H24N4O5/c1-14-2-4-16(5-3-14)23-12-20(27)24-25-22(29)15-10-21(28)26(13-15)17-6-7-18-19(11-17)31-9-8-30-18/h2-7,11,15,23H,8-10,12-13H2,1H3,(H,24,27)(H,25,29). The van der Waals surface area contributed by atoms with E-state index in [2.05, 4.69) is 16.2 Å². The molecule has 9 nitrogen and oxygen atoms in total. The number of rotatable bonds is 5. The lowest BCUT2D eigenvalue weighted by atomic mass is 10.1. The quantitative estimate of drug-likeness (QED) is 0.626. The molecule has 3 amide bonds. The number of carbonyl (C=O) groups excluding carboxylic acids is 3. The van der Waals surface area contributed by atoms with Crippen LogP contribution >= 0.6 is 0 Å². The molecule has 3 N–H and O–H groups in total. The summed E-state index contributed by atoms with van der Waals surface area (Å²) >= 11 is 0. The van der Waals surface area contributed by atoms with Gasteiger partial charge in [-0.25, -0.2) is 0 Å². The van der Waals surface area contributed by atoms with E-state index in [-0.39, 0.29) is 31.3 Å². The molecule has 1 saturated heterocycles. The maximum Gasteiger partial charge on any atom is 0.257 e. The van der Waals surface area contributed by atoms with Crippen molar-refractivity contribution in [1.29, 1.82) is 0 Å². The van der Waals surface area contributed by atoms with Gasteiger partial charge in [-0.05, 0) is 31.2 Å². The van der Waals surface area contributed by atoms with Crippen molar-refractivity contribution in [3.05, 3.63) is 48.0 Å². The van der Waals surface area contributed by atoms with Gasteiger partial charge in [0.15, 0.2) is 11.5 Å². The Balaban J connectivity index is 1.27. The molecule has 0 saturated carbocycles. The average molecular weight is 424 g/mol. The van der Waals surface area contributed by atoms with E-state index in [4.69, 9.17) is 9.47 Å². The van der Waals surface area contributed by atoms with Gasteiger partial charge >= 0.3 is 0 Å². The second-order valence-corrected chi connectivity index (χ2v) is 7.49. The largest absolute Gasteiger partial charge is 0.486 e. The van der Waals surface area contributed by atoms with Crippen molar-refractivity contribution in [3.63, 3.8) is 0 Å². The molecule has 1 unspecified atom stereocenters. The highest BCUT2D eigenvalue weighted by Crippen LogP contribution is 2.35. The second kappa shape index (κ2) is 8.95. The third-order valence-electron chi connectivity index (χ3n) is 5.16. The van der Waals surface area contributed by atoms with Gasteiger partial charge < -0.3 is 19.7 Å². The number of benzene rings is 2. The fourth-order valence-corrected chi connectivity index (χ4v) is 3.46. The van der Waals surface area contributed by atoms with E-state index in [0.717, 1.165) is 11.3 Å². The van der Waals surface area contributed by atoms with Crippen LogP contribution in [0.5, 0.6) is 11.5 Å². The SMILES string of the molecule is Cc1ccc(NCC(=O)NNC(=O)C2CC(=O)N(c3ccc4c(c3)OCCO4)C2)cc1. The van der Waals surface area contributed by atoms with E-state index in [9.17, 15) is 14.4 Å². The van der Waals surface area contributed by atoms with Gasteiger partial charge in [0.2, 0.25) is 11.8 Å². The maximum atomic E-state index is 12.5. The van der Waals surface area contributed by atoms with Crippen LogP contribution in [-0.4, -0.2) is 44.0 Å². The van der Waals surface area contributed by atoms with Gasteiger partial charge in [-0.3, -0.25) is 25.2 Å². The molecule has 9 heteroatoms. The van der Waals surface area contributed by atoms with Crippen molar-refractivity contribution >= 4 is 29.1 Å². The van der Waals surface area contributed by atoms with Crippen molar-refractivity contribution in [2.45, 2.75) is 13.3 Å². The number of amides is 3. The number of carbonyl (C=O) groups is 3. The van der Waals surface area contributed by atoms with E-state index >= 15 is 0 Å². The maximum absolute atomic E-state index is 12.5. The summed E-state index contributed by atoms with van der Waals surface area (Å²) in [5, 5.41) is 2.98. The fourth-order valence-electron chi connectivity index (χ4n) is 3.46. The zero-order chi connectivity index (χ0) is 21.8. The molecule has 2 aliphatic rings. The van der Waals surface area contributed by atoms with Crippen molar-refractivity contribution in [3.8, 4) is 11.5 Å². The predicted octanol–water partition coefficient (Wildman–Crippen LogP) is 1.38. The molecule has 1 fully saturated rings. The minimum Gasteiger partial charge on any atom is -0.486 e. The Kier molecular flexibility index (Phi) is 5.92. The summed E-state index contributed by atoms with van der Waals surface area (Å²) < 4.78 is 11.1. The Morgan fingerprint density at radius 1 is 1.03 bits per heavy atom. The second-order valence-electron chi connectivity index (χ2n) is 7.49. The Morgan fingerprint density at radius 3 is 2.55 bits per heavy atom. The molecule has 2 aliphatic heterocycles. The van der Waals surface area contributed by atoms with Crippen LogP contribution in [0.3, 0.4) is 0 Å². The number of hydrazine groups is 1. The van der Waals surface area contributed by atoms with Crippen molar-refractivity contribution < 1.29 is 23.9 Å². The third kappa shape index (κ3) is 4.88. The van der Waals surface area contributed by atoms with Crippen LogP contribution in [0.4, 0.5) is 11.4 Å². The van der Waals surface area contributed by atoms with Gasteiger partial charge in [-0.1, -0.05) is 17.7 Å². The Labute approximate surface area is 179 Å². The highest BCUT2D eigenvalue weighted by molar-refractivity contribution is 6.00. The van der Waals surface area contributed by atoms with E-state index in [1.54, 1.807) is 23.1 Å². The zero-order valence-electron chi connectivity index (χ0n) is 17.1. The molecular weight excluding hydrogens is 400 g/mol. The summed E-state index contributed by atoms with van der Waals surface area (Å²) in [6, 6.07) is 12.9. The number of hydrogen-bond acceptors (Lipinski definition) is 6. The third-order valence-corrected chi connectivity index (χ3v) is 5.16. The first-order chi connectivity index (χ1) is 15.0. The number of aryl methyl sites for hydroxylation is 1. The number of hydrogen-bond donors (Lipinski definition) is 3. The van der Waals surface area contributed by atoms with Gasteiger partial charge in [0, 0.05) is 30.4 Å². The molecule has 0 bridgehead atoms. The van der Waals surface area contributed by atoms with Crippen LogP contribution in [0.15, 0.2) is 42.5 Å². The summed E-state index contributed by atoms with van der Waals surface area (Å²) in [7, 11) is 0. The number of nitrogens with one attached hydrogen (secondary N) is 3. The van der Waals surface area contributed by atoms with Crippen LogP contribution in [0.2, 0.25) is 0 Å². The van der Waals surface area contributed by atoms with Crippen LogP contribution < -0.4 is 30.5 Å². The Bertz CT molecular complexity index is 992. The van der Waals surface area contributed by atoms with Gasteiger partial charge in [0.25, 0.3) is 5.91 Å². The monoisotopic (exact) mass is 424 g/mol. The first-order valence-corrected chi connectivity index (χ1v) is 10.1. The molecule has 2 aromatic carbocycles. The molecule has 0 radical (unpaired) electrons. The van der Waals surface area contributed by atoms with Gasteiger partial charge in [0.05, 0.1) is 12.5 Å². The van der Waals surface area contributed by atoms with E-state index in [1.807, 2.05) is 31.2 Å². The van der Waals surface area contributed by atoms with Crippen LogP contribution in [0.25, 0.3) is 0 Å². The first kappa shape index (κ1) is 20.5. The predicted molar refractivity (Wildman–Crippen MR) is 114 cm³/mol. The molecule has 0 aromatic heterocycles. The highest BCUT2D eigenvalue weighted by atomic mass is 16.6. The van der Waals surface area contributed by atoms with Crippen LogP contribution in [0.1, 0.15) is 12.0 Å². The fraction of sp³-hybridized carbons (Fsp3) is 0.318. The lowest BCUT2D eigenvalue weighted by molar-refractivity contribution is -0.130. The number of fused-ring (bicyclic) bond motifs is 1. The minimum atomic E-state index is -0.564. The molecule has 31 heavy (non-hydrogen) atoms. The van der Waals surface area contributed by atoms with Gasteiger partial charge in [0.1, 0.15) is 13.2 Å². The van der Waals surface area contributed by atoms with Crippen molar-refractivity contribution in [1.82, 2.24) is 10.9 Å². The number of anilines is 2.